The number of hydrogen-bond acceptors (Lipinski definition) is 4. The van der Waals surface area contributed by atoms with E-state index in [1.807, 2.05) is 0 Å². The number of halogens is 5. The molecule has 1 aromatic carbocycles. The highest BCUT2D eigenvalue weighted by Gasteiger charge is 2.69. The van der Waals surface area contributed by atoms with Gasteiger partial charge in [-0.25, -0.2) is 14.4 Å². The fraction of sp³-hybridized carbons (Fsp3) is 0.692. The molecule has 12 heteroatoms. The van der Waals surface area contributed by atoms with E-state index in [9.17, 15) is 27.2 Å². The summed E-state index contributed by atoms with van der Waals surface area (Å²) in [5.41, 5.74) is -0.926. The zero-order chi connectivity index (χ0) is 27.2. The Bertz CT molecular complexity index is 1060. The minimum atomic E-state index is -4.37. The van der Waals surface area contributed by atoms with Gasteiger partial charge in [0, 0.05) is 22.9 Å². The van der Waals surface area contributed by atoms with Gasteiger partial charge in [-0.1, -0.05) is 37.3 Å². The molecule has 0 aromatic heterocycles. The number of ether oxygens (including phenoxy) is 1. The summed E-state index contributed by atoms with van der Waals surface area (Å²) in [6.07, 6.45) is 2.83. The van der Waals surface area contributed by atoms with E-state index in [0.717, 1.165) is 44.6 Å². The lowest BCUT2D eigenvalue weighted by atomic mass is 9.44. The molecule has 2 unspecified atom stereocenters. The lowest BCUT2D eigenvalue weighted by Crippen LogP contribution is -2.84. The number of amides is 2. The van der Waals surface area contributed by atoms with Gasteiger partial charge in [-0.15, -0.1) is 0 Å². The molecule has 1 aromatic rings. The molecule has 3 aliphatic carbocycles. The fourth-order valence-corrected chi connectivity index (χ4v) is 11.6. The van der Waals surface area contributed by atoms with Crippen LogP contribution in [-0.2, 0) is 9.59 Å². The minimum absolute atomic E-state index is 0.0403. The van der Waals surface area contributed by atoms with Crippen molar-refractivity contribution in [3.05, 3.63) is 29.0 Å². The lowest BCUT2D eigenvalue weighted by molar-refractivity contribution is -0.152. The summed E-state index contributed by atoms with van der Waals surface area (Å²) in [6.45, 7) is -0.294. The van der Waals surface area contributed by atoms with E-state index in [-0.39, 0.29) is 34.9 Å². The quantitative estimate of drug-likeness (QED) is 0.424. The molecule has 212 valence electrons. The van der Waals surface area contributed by atoms with Crippen molar-refractivity contribution in [2.45, 2.75) is 86.5 Å². The summed E-state index contributed by atoms with van der Waals surface area (Å²) in [7, 11) is -2.03. The third kappa shape index (κ3) is 5.61. The maximum atomic E-state index is 14.1. The fourth-order valence-electron chi connectivity index (χ4n) is 6.77. The molecule has 38 heavy (non-hydrogen) atoms. The predicted octanol–water partition coefficient (Wildman–Crippen LogP) is 4.78. The molecule has 2 saturated heterocycles. The van der Waals surface area contributed by atoms with Crippen molar-refractivity contribution < 1.29 is 31.9 Å². The number of nitrogens with one attached hydrogen (secondary N) is 3. The molecular formula is C26H34ClF4N3O3S. The zero-order valence-corrected chi connectivity index (χ0v) is 22.7. The first-order valence-electron chi connectivity index (χ1n) is 13.2. The van der Waals surface area contributed by atoms with E-state index in [1.165, 1.54) is 12.1 Å². The number of hydrogen-bond donors (Lipinski definition) is 3. The van der Waals surface area contributed by atoms with Gasteiger partial charge in [-0.3, -0.25) is 14.9 Å². The highest BCUT2D eigenvalue weighted by molar-refractivity contribution is 8.34. The van der Waals surface area contributed by atoms with E-state index in [4.69, 9.17) is 16.3 Å². The molecule has 2 aliphatic heterocycles. The predicted molar refractivity (Wildman–Crippen MR) is 139 cm³/mol. The highest BCUT2D eigenvalue weighted by atomic mass is 35.5. The molecular weight excluding hydrogens is 546 g/mol. The second-order valence-corrected chi connectivity index (χ2v) is 15.7. The first-order chi connectivity index (χ1) is 17.9. The Morgan fingerprint density at radius 3 is 2.24 bits per heavy atom. The summed E-state index contributed by atoms with van der Waals surface area (Å²) in [5, 5.41) is 7.01. The standard InChI is InChI=1S/C26H34ClF4N3O3S/c27-18-8-7-17(11-19(18)28)37-12-21(35)33-24-14-25(15-24,16-24)34-22(36)20-13-38(23(32-20)26(29,30)31)9-5-3-1-2-4-6-10-38/h7-8,11,20,23,32H,1-6,9-10,12-16H2,(H,33,35)(H,34,36). The van der Waals surface area contributed by atoms with Crippen LogP contribution >= 0.6 is 21.6 Å². The van der Waals surface area contributed by atoms with Crippen LogP contribution in [0.1, 0.15) is 57.8 Å². The maximum absolute atomic E-state index is 14.1. The summed E-state index contributed by atoms with van der Waals surface area (Å²) < 4.78 is 61.2. The molecule has 2 amide bonds. The van der Waals surface area contributed by atoms with Gasteiger partial charge in [0.15, 0.2) is 6.61 Å². The highest BCUT2D eigenvalue weighted by Crippen LogP contribution is 2.63. The van der Waals surface area contributed by atoms with Crippen LogP contribution < -0.4 is 20.7 Å². The van der Waals surface area contributed by atoms with Crippen molar-refractivity contribution in [3.63, 3.8) is 0 Å². The number of alkyl halides is 3. The molecule has 2 bridgehead atoms. The van der Waals surface area contributed by atoms with E-state index in [2.05, 4.69) is 16.0 Å². The second-order valence-electron chi connectivity index (χ2n) is 11.4. The van der Waals surface area contributed by atoms with E-state index in [0.29, 0.717) is 30.8 Å². The molecule has 1 spiro atoms. The van der Waals surface area contributed by atoms with Gasteiger partial charge in [0.2, 0.25) is 5.91 Å². The Labute approximate surface area is 226 Å². The molecule has 6 rings (SSSR count). The molecule has 2 atom stereocenters. The first kappa shape index (κ1) is 27.8. The van der Waals surface area contributed by atoms with Crippen molar-refractivity contribution in [2.75, 3.05) is 23.9 Å². The lowest BCUT2D eigenvalue weighted by Gasteiger charge is -2.70. The smallest absolute Gasteiger partial charge is 0.411 e. The van der Waals surface area contributed by atoms with Crippen LogP contribution in [0.5, 0.6) is 5.75 Å². The maximum Gasteiger partial charge on any atom is 0.411 e. The largest absolute Gasteiger partial charge is 0.484 e. The molecule has 2 heterocycles. The summed E-state index contributed by atoms with van der Waals surface area (Å²) in [4.78, 5) is 25.5. The van der Waals surface area contributed by atoms with E-state index >= 15 is 0 Å². The Balaban J connectivity index is 1.13. The van der Waals surface area contributed by atoms with Crippen LogP contribution in [0.25, 0.3) is 0 Å². The van der Waals surface area contributed by atoms with Gasteiger partial charge in [0.05, 0.1) is 11.1 Å². The first-order valence-corrected chi connectivity index (χ1v) is 15.8. The van der Waals surface area contributed by atoms with Gasteiger partial charge in [0.1, 0.15) is 16.9 Å². The van der Waals surface area contributed by atoms with Crippen LogP contribution in [0.15, 0.2) is 18.2 Å². The number of carbonyl (C=O) groups is 2. The number of carbonyl (C=O) groups excluding carboxylic acids is 2. The molecule has 0 radical (unpaired) electrons. The monoisotopic (exact) mass is 579 g/mol. The minimum Gasteiger partial charge on any atom is -0.484 e. The number of benzene rings is 1. The Morgan fingerprint density at radius 1 is 1.03 bits per heavy atom. The van der Waals surface area contributed by atoms with Crippen molar-refractivity contribution in [3.8, 4) is 5.75 Å². The van der Waals surface area contributed by atoms with Crippen LogP contribution in [-0.4, -0.2) is 64.3 Å². The summed E-state index contributed by atoms with van der Waals surface area (Å²) in [5.74, 6) is 0.232. The Hall–Kier alpha value is -1.72. The number of rotatable bonds is 6. The molecule has 3 N–H and O–H groups in total. The van der Waals surface area contributed by atoms with Gasteiger partial charge < -0.3 is 15.4 Å². The van der Waals surface area contributed by atoms with E-state index in [1.54, 1.807) is 0 Å². The average Bonchev–Trinajstić information content (AvgIpc) is 3.24. The van der Waals surface area contributed by atoms with Crippen molar-refractivity contribution in [1.29, 1.82) is 0 Å². The van der Waals surface area contributed by atoms with Crippen molar-refractivity contribution >= 4 is 33.4 Å². The third-order valence-corrected chi connectivity index (χ3v) is 13.3. The second kappa shape index (κ2) is 10.4. The normalized spacial score (nSPS) is 33.1. The third-order valence-electron chi connectivity index (χ3n) is 8.40. The molecule has 3 saturated carbocycles. The van der Waals surface area contributed by atoms with Crippen LogP contribution in [0.2, 0.25) is 5.02 Å². The molecule has 6 nitrogen and oxygen atoms in total. The van der Waals surface area contributed by atoms with E-state index < -0.39 is 44.5 Å². The summed E-state index contributed by atoms with van der Waals surface area (Å²) in [6, 6.07) is 3.07. The SMILES string of the molecule is O=C(COc1ccc(Cl)c(F)c1)NC12CC(NC(=O)C3CS4(CCCCCCCC4)C(C(F)(F)F)N3)(C1)C2. The van der Waals surface area contributed by atoms with Crippen LogP contribution in [0.4, 0.5) is 17.6 Å². The van der Waals surface area contributed by atoms with Gasteiger partial charge in [-0.2, -0.15) is 13.2 Å². The van der Waals surface area contributed by atoms with Crippen LogP contribution in [0.3, 0.4) is 0 Å². The van der Waals surface area contributed by atoms with Crippen molar-refractivity contribution in [2.24, 2.45) is 0 Å². The van der Waals surface area contributed by atoms with Gasteiger partial charge >= 0.3 is 6.18 Å². The van der Waals surface area contributed by atoms with Crippen LogP contribution in [0, 0.1) is 5.82 Å². The van der Waals surface area contributed by atoms with Gasteiger partial charge in [-0.05, 0) is 55.7 Å². The Morgan fingerprint density at radius 2 is 1.63 bits per heavy atom. The Kier molecular flexibility index (Phi) is 7.58. The van der Waals surface area contributed by atoms with Gasteiger partial charge in [0.25, 0.3) is 5.91 Å². The molecule has 5 fully saturated rings. The summed E-state index contributed by atoms with van der Waals surface area (Å²) >= 11 is 5.64. The zero-order valence-electron chi connectivity index (χ0n) is 21.1. The average molecular weight is 580 g/mol. The molecule has 5 aliphatic rings. The van der Waals surface area contributed by atoms with Crippen molar-refractivity contribution in [1.82, 2.24) is 16.0 Å². The topological polar surface area (TPSA) is 79.5 Å².